The van der Waals surface area contributed by atoms with Crippen LogP contribution in [0.25, 0.3) is 10.8 Å². The van der Waals surface area contributed by atoms with Gasteiger partial charge in [0.2, 0.25) is 0 Å². The van der Waals surface area contributed by atoms with E-state index in [1.165, 1.54) is 0 Å². The topological polar surface area (TPSA) is 46.5 Å². The molecule has 3 heteroatoms. The summed E-state index contributed by atoms with van der Waals surface area (Å²) in [6.07, 6.45) is -0.607. The summed E-state index contributed by atoms with van der Waals surface area (Å²) in [4.78, 5) is 10.3. The standard InChI is InChI=1S/C13H12O3/c14-8-11(15)9-16-13-7-3-5-10-4-1-2-6-12(10)13/h1-8,11,15H,9H2/t11-/m1/s1. The van der Waals surface area contributed by atoms with E-state index in [-0.39, 0.29) is 6.61 Å². The van der Waals surface area contributed by atoms with Gasteiger partial charge in [0.1, 0.15) is 18.5 Å². The van der Waals surface area contributed by atoms with E-state index in [2.05, 4.69) is 0 Å². The van der Waals surface area contributed by atoms with Crippen LogP contribution in [0.3, 0.4) is 0 Å². The van der Waals surface area contributed by atoms with Crippen molar-refractivity contribution in [2.45, 2.75) is 6.10 Å². The van der Waals surface area contributed by atoms with Crippen molar-refractivity contribution in [3.63, 3.8) is 0 Å². The van der Waals surface area contributed by atoms with Crippen molar-refractivity contribution in [1.82, 2.24) is 0 Å². The van der Waals surface area contributed by atoms with Crippen LogP contribution < -0.4 is 4.74 Å². The van der Waals surface area contributed by atoms with Gasteiger partial charge in [-0.05, 0) is 11.5 Å². The molecule has 0 aromatic heterocycles. The Morgan fingerprint density at radius 3 is 2.75 bits per heavy atom. The van der Waals surface area contributed by atoms with Crippen LogP contribution in [0.4, 0.5) is 0 Å². The van der Waals surface area contributed by atoms with E-state index < -0.39 is 6.10 Å². The molecule has 2 aromatic carbocycles. The second-order valence-electron chi connectivity index (χ2n) is 3.49. The highest BCUT2D eigenvalue weighted by atomic mass is 16.5. The number of carbonyl (C=O) groups is 1. The lowest BCUT2D eigenvalue weighted by molar-refractivity contribution is -0.116. The van der Waals surface area contributed by atoms with Gasteiger partial charge >= 0.3 is 0 Å². The zero-order valence-corrected chi connectivity index (χ0v) is 8.67. The highest BCUT2D eigenvalue weighted by Crippen LogP contribution is 2.24. The third kappa shape index (κ3) is 2.20. The molecule has 0 aliphatic rings. The molecule has 0 radical (unpaired) electrons. The smallest absolute Gasteiger partial charge is 0.151 e. The number of carbonyl (C=O) groups excluding carboxylic acids is 1. The molecular weight excluding hydrogens is 204 g/mol. The Morgan fingerprint density at radius 1 is 1.19 bits per heavy atom. The van der Waals surface area contributed by atoms with E-state index in [0.717, 1.165) is 10.8 Å². The van der Waals surface area contributed by atoms with Crippen LogP contribution >= 0.6 is 0 Å². The van der Waals surface area contributed by atoms with E-state index in [1.807, 2.05) is 42.5 Å². The number of aldehydes is 1. The Morgan fingerprint density at radius 2 is 1.94 bits per heavy atom. The molecular formula is C13H12O3. The quantitative estimate of drug-likeness (QED) is 0.792. The third-order valence-corrected chi connectivity index (χ3v) is 2.32. The van der Waals surface area contributed by atoms with E-state index in [1.54, 1.807) is 0 Å². The molecule has 0 fully saturated rings. The number of ether oxygens (including phenoxy) is 1. The third-order valence-electron chi connectivity index (χ3n) is 2.32. The first kappa shape index (κ1) is 10.6. The second-order valence-corrected chi connectivity index (χ2v) is 3.49. The number of hydrogen-bond donors (Lipinski definition) is 1. The molecule has 0 saturated carbocycles. The van der Waals surface area contributed by atoms with Crippen molar-refractivity contribution < 1.29 is 14.6 Å². The van der Waals surface area contributed by atoms with E-state index in [4.69, 9.17) is 9.84 Å². The van der Waals surface area contributed by atoms with Crippen molar-refractivity contribution >= 4 is 17.1 Å². The van der Waals surface area contributed by atoms with Crippen molar-refractivity contribution in [2.24, 2.45) is 0 Å². The number of benzene rings is 2. The first-order valence-electron chi connectivity index (χ1n) is 5.05. The average Bonchev–Trinajstić information content (AvgIpc) is 2.35. The van der Waals surface area contributed by atoms with Gasteiger partial charge in [0.15, 0.2) is 6.29 Å². The van der Waals surface area contributed by atoms with Gasteiger partial charge < -0.3 is 14.6 Å². The van der Waals surface area contributed by atoms with Gasteiger partial charge in [-0.3, -0.25) is 0 Å². The molecule has 3 nitrogen and oxygen atoms in total. The molecule has 0 aliphatic carbocycles. The second kappa shape index (κ2) is 4.77. The molecule has 0 amide bonds. The zero-order valence-electron chi connectivity index (χ0n) is 8.67. The highest BCUT2D eigenvalue weighted by Gasteiger charge is 2.05. The van der Waals surface area contributed by atoms with Crippen LogP contribution in [0.5, 0.6) is 5.75 Å². The number of aliphatic hydroxyl groups excluding tert-OH is 1. The predicted molar refractivity (Wildman–Crippen MR) is 61.5 cm³/mol. The van der Waals surface area contributed by atoms with Gasteiger partial charge in [0, 0.05) is 5.39 Å². The van der Waals surface area contributed by atoms with Crippen LogP contribution in [0, 0.1) is 0 Å². The maximum atomic E-state index is 10.3. The molecule has 1 atom stereocenters. The van der Waals surface area contributed by atoms with E-state index in [9.17, 15) is 4.79 Å². The lowest BCUT2D eigenvalue weighted by Crippen LogP contribution is -2.18. The van der Waals surface area contributed by atoms with Gasteiger partial charge in [-0.25, -0.2) is 0 Å². The largest absolute Gasteiger partial charge is 0.490 e. The normalized spacial score (nSPS) is 12.3. The molecule has 0 bridgehead atoms. The number of rotatable bonds is 4. The SMILES string of the molecule is O=C[C@@H](O)COc1cccc2ccccc12. The predicted octanol–water partition coefficient (Wildman–Crippen LogP) is 1.78. The molecule has 1 N–H and O–H groups in total. The fourth-order valence-corrected chi connectivity index (χ4v) is 1.54. The van der Waals surface area contributed by atoms with Crippen LogP contribution in [0.15, 0.2) is 42.5 Å². The minimum absolute atomic E-state index is 0.0164. The Kier molecular flexibility index (Phi) is 3.17. The fourth-order valence-electron chi connectivity index (χ4n) is 1.54. The Balaban J connectivity index is 2.27. The molecule has 2 aromatic rings. The summed E-state index contributed by atoms with van der Waals surface area (Å²) in [6, 6.07) is 13.5. The number of fused-ring (bicyclic) bond motifs is 1. The average molecular weight is 216 g/mol. The lowest BCUT2D eigenvalue weighted by Gasteiger charge is -2.09. The number of aliphatic hydroxyl groups is 1. The van der Waals surface area contributed by atoms with Crippen molar-refractivity contribution in [3.05, 3.63) is 42.5 Å². The van der Waals surface area contributed by atoms with Gasteiger partial charge in [-0.15, -0.1) is 0 Å². The first-order chi connectivity index (χ1) is 7.81. The summed E-state index contributed by atoms with van der Waals surface area (Å²) < 4.78 is 5.39. The first-order valence-corrected chi connectivity index (χ1v) is 5.05. The van der Waals surface area contributed by atoms with Gasteiger partial charge in [0.25, 0.3) is 0 Å². The molecule has 82 valence electrons. The maximum Gasteiger partial charge on any atom is 0.151 e. The summed E-state index contributed by atoms with van der Waals surface area (Å²) in [6.45, 7) is -0.0164. The Labute approximate surface area is 93.3 Å². The van der Waals surface area contributed by atoms with Crippen LogP contribution in [0.2, 0.25) is 0 Å². The molecule has 0 spiro atoms. The maximum absolute atomic E-state index is 10.3. The summed E-state index contributed by atoms with van der Waals surface area (Å²) in [5.74, 6) is 0.680. The van der Waals surface area contributed by atoms with Gasteiger partial charge in [0.05, 0.1) is 0 Å². The Hall–Kier alpha value is -1.87. The molecule has 0 saturated heterocycles. The van der Waals surface area contributed by atoms with Crippen LogP contribution in [0.1, 0.15) is 0 Å². The Bertz CT molecular complexity index is 488. The van der Waals surface area contributed by atoms with E-state index in [0.29, 0.717) is 12.0 Å². The molecule has 2 rings (SSSR count). The van der Waals surface area contributed by atoms with E-state index >= 15 is 0 Å². The van der Waals surface area contributed by atoms with Crippen LogP contribution in [-0.4, -0.2) is 24.1 Å². The van der Waals surface area contributed by atoms with Gasteiger partial charge in [-0.1, -0.05) is 36.4 Å². The summed E-state index contributed by atoms with van der Waals surface area (Å²) in [5, 5.41) is 11.1. The van der Waals surface area contributed by atoms with Crippen LogP contribution in [-0.2, 0) is 4.79 Å². The molecule has 0 aliphatic heterocycles. The monoisotopic (exact) mass is 216 g/mol. The lowest BCUT2D eigenvalue weighted by atomic mass is 10.1. The molecule has 16 heavy (non-hydrogen) atoms. The van der Waals surface area contributed by atoms with Crippen molar-refractivity contribution in [3.8, 4) is 5.75 Å². The minimum Gasteiger partial charge on any atom is -0.490 e. The number of hydrogen-bond acceptors (Lipinski definition) is 3. The fraction of sp³-hybridized carbons (Fsp3) is 0.154. The molecule has 0 heterocycles. The minimum atomic E-state index is -1.07. The van der Waals surface area contributed by atoms with Crippen molar-refractivity contribution in [1.29, 1.82) is 0 Å². The summed E-state index contributed by atoms with van der Waals surface area (Å²) in [5.41, 5.74) is 0. The molecule has 0 unspecified atom stereocenters. The summed E-state index contributed by atoms with van der Waals surface area (Å²) in [7, 11) is 0. The zero-order chi connectivity index (χ0) is 11.4. The summed E-state index contributed by atoms with van der Waals surface area (Å²) >= 11 is 0. The van der Waals surface area contributed by atoms with Gasteiger partial charge in [-0.2, -0.15) is 0 Å². The highest BCUT2D eigenvalue weighted by molar-refractivity contribution is 5.88. The van der Waals surface area contributed by atoms with Crippen molar-refractivity contribution in [2.75, 3.05) is 6.61 Å².